The van der Waals surface area contributed by atoms with E-state index in [-0.39, 0.29) is 0 Å². The van der Waals surface area contributed by atoms with Crippen molar-refractivity contribution in [2.45, 2.75) is 0 Å². The zero-order valence-electron chi connectivity index (χ0n) is 5.01. The third kappa shape index (κ3) is 1.08. The van der Waals surface area contributed by atoms with Gasteiger partial charge in [-0.2, -0.15) is 0 Å². The van der Waals surface area contributed by atoms with Gasteiger partial charge in [0, 0.05) is 13.3 Å². The lowest BCUT2D eigenvalue weighted by atomic mass is 10.5. The Hall–Kier alpha value is -0.900. The average molecular weight is 141 g/mol. The SMILES string of the molecule is CNc1scnc1C=N. The van der Waals surface area contributed by atoms with Crippen LogP contribution in [-0.4, -0.2) is 18.2 Å². The Balaban J connectivity index is 2.98. The molecule has 0 bridgehead atoms. The maximum atomic E-state index is 6.88. The van der Waals surface area contributed by atoms with Crippen LogP contribution in [0.15, 0.2) is 5.51 Å². The third-order valence-corrected chi connectivity index (χ3v) is 1.82. The van der Waals surface area contributed by atoms with Gasteiger partial charge in [0.05, 0.1) is 5.51 Å². The van der Waals surface area contributed by atoms with Crippen LogP contribution >= 0.6 is 11.3 Å². The van der Waals surface area contributed by atoms with Crippen LogP contribution in [-0.2, 0) is 0 Å². The molecule has 0 aliphatic carbocycles. The summed E-state index contributed by atoms with van der Waals surface area (Å²) >= 11 is 1.50. The van der Waals surface area contributed by atoms with E-state index in [1.165, 1.54) is 17.6 Å². The second kappa shape index (κ2) is 2.59. The molecule has 0 aromatic carbocycles. The van der Waals surface area contributed by atoms with Gasteiger partial charge in [0.25, 0.3) is 0 Å². The molecule has 0 spiro atoms. The zero-order valence-corrected chi connectivity index (χ0v) is 5.83. The standard InChI is InChI=1S/C5H7N3S/c1-7-5-4(2-6)8-3-9-5/h2-3,6-7H,1H3. The lowest BCUT2D eigenvalue weighted by molar-refractivity contribution is 1.36. The van der Waals surface area contributed by atoms with E-state index in [1.54, 1.807) is 5.51 Å². The first-order chi connectivity index (χ1) is 4.38. The first kappa shape index (κ1) is 6.22. The highest BCUT2D eigenvalue weighted by molar-refractivity contribution is 7.14. The second-order valence-corrected chi connectivity index (χ2v) is 2.32. The maximum Gasteiger partial charge on any atom is 0.117 e. The minimum atomic E-state index is 0.711. The molecule has 0 fully saturated rings. The fourth-order valence-electron chi connectivity index (χ4n) is 0.545. The predicted molar refractivity (Wildman–Crippen MR) is 39.5 cm³/mol. The van der Waals surface area contributed by atoms with Gasteiger partial charge < -0.3 is 10.7 Å². The molecule has 1 aromatic heterocycles. The summed E-state index contributed by atoms with van der Waals surface area (Å²) in [5, 5.41) is 10.8. The number of anilines is 1. The molecule has 2 N–H and O–H groups in total. The Morgan fingerprint density at radius 2 is 2.67 bits per heavy atom. The molecule has 0 saturated heterocycles. The minimum Gasteiger partial charge on any atom is -0.378 e. The van der Waals surface area contributed by atoms with Gasteiger partial charge in [-0.1, -0.05) is 0 Å². The van der Waals surface area contributed by atoms with E-state index in [0.717, 1.165) is 5.00 Å². The van der Waals surface area contributed by atoms with E-state index >= 15 is 0 Å². The van der Waals surface area contributed by atoms with E-state index in [9.17, 15) is 0 Å². The number of aromatic nitrogens is 1. The molecule has 0 aliphatic heterocycles. The highest BCUT2D eigenvalue weighted by atomic mass is 32.1. The second-order valence-electron chi connectivity index (χ2n) is 1.46. The molecule has 3 nitrogen and oxygen atoms in total. The maximum absolute atomic E-state index is 6.88. The molecule has 1 rings (SSSR count). The summed E-state index contributed by atoms with van der Waals surface area (Å²) in [6.07, 6.45) is 1.24. The van der Waals surface area contributed by atoms with Gasteiger partial charge in [-0.25, -0.2) is 4.98 Å². The smallest absolute Gasteiger partial charge is 0.117 e. The van der Waals surface area contributed by atoms with Gasteiger partial charge in [-0.05, 0) is 0 Å². The van der Waals surface area contributed by atoms with Crippen molar-refractivity contribution in [2.24, 2.45) is 0 Å². The Bertz CT molecular complexity index is 206. The van der Waals surface area contributed by atoms with Gasteiger partial charge in [-0.3, -0.25) is 0 Å². The first-order valence-electron chi connectivity index (χ1n) is 2.50. The van der Waals surface area contributed by atoms with Crippen molar-refractivity contribution in [3.8, 4) is 0 Å². The van der Waals surface area contributed by atoms with Gasteiger partial charge in [0.15, 0.2) is 0 Å². The summed E-state index contributed by atoms with van der Waals surface area (Å²) in [7, 11) is 1.82. The highest BCUT2D eigenvalue weighted by Gasteiger charge is 1.97. The quantitative estimate of drug-likeness (QED) is 0.607. The van der Waals surface area contributed by atoms with Crippen molar-refractivity contribution in [3.05, 3.63) is 11.2 Å². The molecule has 0 unspecified atom stereocenters. The first-order valence-corrected chi connectivity index (χ1v) is 3.38. The number of thiazole rings is 1. The summed E-state index contributed by atoms with van der Waals surface area (Å²) < 4.78 is 0. The lowest BCUT2D eigenvalue weighted by Gasteiger charge is -1.91. The van der Waals surface area contributed by atoms with Gasteiger partial charge >= 0.3 is 0 Å². The van der Waals surface area contributed by atoms with Crippen LogP contribution < -0.4 is 5.32 Å². The van der Waals surface area contributed by atoms with E-state index in [4.69, 9.17) is 5.41 Å². The number of hydrogen-bond donors (Lipinski definition) is 2. The van der Waals surface area contributed by atoms with Crippen LogP contribution in [0.5, 0.6) is 0 Å². The summed E-state index contributed by atoms with van der Waals surface area (Å²) in [6.45, 7) is 0. The van der Waals surface area contributed by atoms with Gasteiger partial charge in [0.2, 0.25) is 0 Å². The summed E-state index contributed by atoms with van der Waals surface area (Å²) in [6, 6.07) is 0. The minimum absolute atomic E-state index is 0.711. The van der Waals surface area contributed by atoms with Crippen molar-refractivity contribution in [3.63, 3.8) is 0 Å². The molecular weight excluding hydrogens is 134 g/mol. The number of hydrogen-bond acceptors (Lipinski definition) is 4. The number of nitrogens with one attached hydrogen (secondary N) is 2. The number of rotatable bonds is 2. The molecule has 0 atom stereocenters. The Morgan fingerprint density at radius 1 is 1.89 bits per heavy atom. The summed E-state index contributed by atoms with van der Waals surface area (Å²) in [5.41, 5.74) is 2.43. The topological polar surface area (TPSA) is 48.8 Å². The van der Waals surface area contributed by atoms with E-state index in [0.29, 0.717) is 5.69 Å². The van der Waals surface area contributed by atoms with Crippen LogP contribution in [0.25, 0.3) is 0 Å². The fourth-order valence-corrected chi connectivity index (χ4v) is 1.17. The molecule has 0 amide bonds. The van der Waals surface area contributed by atoms with Crippen molar-refractivity contribution in [1.29, 1.82) is 5.41 Å². The molecule has 1 aromatic rings. The fraction of sp³-hybridized carbons (Fsp3) is 0.200. The monoisotopic (exact) mass is 141 g/mol. The van der Waals surface area contributed by atoms with Crippen molar-refractivity contribution < 1.29 is 0 Å². The van der Waals surface area contributed by atoms with E-state index in [1.807, 2.05) is 7.05 Å². The van der Waals surface area contributed by atoms with Crippen LogP contribution in [0.3, 0.4) is 0 Å². The van der Waals surface area contributed by atoms with Crippen molar-refractivity contribution in [1.82, 2.24) is 4.98 Å². The summed E-state index contributed by atoms with van der Waals surface area (Å²) in [4.78, 5) is 3.92. The Morgan fingerprint density at radius 3 is 3.11 bits per heavy atom. The third-order valence-electron chi connectivity index (χ3n) is 0.959. The van der Waals surface area contributed by atoms with Crippen molar-refractivity contribution >= 4 is 22.6 Å². The summed E-state index contributed by atoms with van der Waals surface area (Å²) in [5.74, 6) is 0. The van der Waals surface area contributed by atoms with Crippen molar-refractivity contribution in [2.75, 3.05) is 12.4 Å². The zero-order chi connectivity index (χ0) is 6.69. The highest BCUT2D eigenvalue weighted by Crippen LogP contribution is 2.16. The molecule has 4 heteroatoms. The molecule has 0 saturated carbocycles. The molecule has 0 aliphatic rings. The van der Waals surface area contributed by atoms with Crippen LogP contribution in [0.1, 0.15) is 5.69 Å². The van der Waals surface area contributed by atoms with Crippen LogP contribution in [0.2, 0.25) is 0 Å². The molecule has 9 heavy (non-hydrogen) atoms. The molecule has 1 heterocycles. The van der Waals surface area contributed by atoms with Crippen LogP contribution in [0, 0.1) is 5.41 Å². The predicted octanol–water partition coefficient (Wildman–Crippen LogP) is 1.18. The largest absolute Gasteiger partial charge is 0.378 e. The van der Waals surface area contributed by atoms with Gasteiger partial charge in [0.1, 0.15) is 10.7 Å². The lowest BCUT2D eigenvalue weighted by Crippen LogP contribution is -1.89. The average Bonchev–Trinajstić information content (AvgIpc) is 2.33. The van der Waals surface area contributed by atoms with Gasteiger partial charge in [-0.15, -0.1) is 11.3 Å². The molecular formula is C5H7N3S. The van der Waals surface area contributed by atoms with E-state index < -0.39 is 0 Å². The van der Waals surface area contributed by atoms with E-state index in [2.05, 4.69) is 10.3 Å². The molecule has 48 valence electrons. The number of nitrogens with zero attached hydrogens (tertiary/aromatic N) is 1. The molecule has 0 radical (unpaired) electrons. The Kier molecular flexibility index (Phi) is 1.79. The normalized spacial score (nSPS) is 9.00. The Labute approximate surface area is 57.3 Å². The van der Waals surface area contributed by atoms with Crippen LogP contribution in [0.4, 0.5) is 5.00 Å².